The average molecular weight is 289 g/mol. The highest BCUT2D eigenvalue weighted by Crippen LogP contribution is 2.38. The van der Waals surface area contributed by atoms with Crippen LogP contribution in [0, 0.1) is 0 Å². The minimum atomic E-state index is -0.968. The van der Waals surface area contributed by atoms with Gasteiger partial charge in [0.25, 0.3) is 0 Å². The Balaban J connectivity index is 2.23. The fourth-order valence-electron chi connectivity index (χ4n) is 2.53. The maximum absolute atomic E-state index is 11.4. The molecule has 0 spiro atoms. The number of halogens is 1. The third-order valence-corrected chi connectivity index (χ3v) is 3.67. The second-order valence-corrected chi connectivity index (χ2v) is 5.18. The van der Waals surface area contributed by atoms with E-state index < -0.39 is 5.97 Å². The SMILES string of the molecule is O=C(O)c1ccc(Cl)cc1-c1cccc2c1OCCC2. The molecule has 1 aliphatic rings. The van der Waals surface area contributed by atoms with E-state index in [2.05, 4.69) is 0 Å². The van der Waals surface area contributed by atoms with Gasteiger partial charge < -0.3 is 9.84 Å². The number of ether oxygens (including phenoxy) is 1. The summed E-state index contributed by atoms with van der Waals surface area (Å²) in [4.78, 5) is 11.4. The molecule has 20 heavy (non-hydrogen) atoms. The molecule has 0 saturated heterocycles. The molecule has 0 saturated carbocycles. The largest absolute Gasteiger partial charge is 0.493 e. The zero-order valence-electron chi connectivity index (χ0n) is 10.7. The van der Waals surface area contributed by atoms with Crippen LogP contribution in [0.3, 0.4) is 0 Å². The molecule has 2 aromatic rings. The Labute approximate surface area is 121 Å². The number of fused-ring (bicyclic) bond motifs is 1. The fraction of sp³-hybridized carbons (Fsp3) is 0.188. The average Bonchev–Trinajstić information content (AvgIpc) is 2.46. The van der Waals surface area contributed by atoms with Gasteiger partial charge in [-0.25, -0.2) is 4.79 Å². The standard InChI is InChI=1S/C16H13ClO3/c17-11-6-7-13(16(18)19)14(9-11)12-5-1-3-10-4-2-8-20-15(10)12/h1,3,5-7,9H,2,4,8H2,(H,18,19). The van der Waals surface area contributed by atoms with E-state index in [-0.39, 0.29) is 5.56 Å². The van der Waals surface area contributed by atoms with Crippen molar-refractivity contribution in [3.63, 3.8) is 0 Å². The van der Waals surface area contributed by atoms with Gasteiger partial charge in [0.05, 0.1) is 12.2 Å². The van der Waals surface area contributed by atoms with Crippen LogP contribution in [-0.2, 0) is 6.42 Å². The molecule has 0 atom stereocenters. The summed E-state index contributed by atoms with van der Waals surface area (Å²) in [5, 5.41) is 9.85. The van der Waals surface area contributed by atoms with E-state index >= 15 is 0 Å². The lowest BCUT2D eigenvalue weighted by atomic mass is 9.94. The van der Waals surface area contributed by atoms with Crippen LogP contribution in [0.4, 0.5) is 0 Å². The highest BCUT2D eigenvalue weighted by Gasteiger charge is 2.19. The lowest BCUT2D eigenvalue weighted by molar-refractivity contribution is 0.0698. The number of benzene rings is 2. The van der Waals surface area contributed by atoms with Gasteiger partial charge in [-0.3, -0.25) is 0 Å². The molecule has 0 radical (unpaired) electrons. The molecule has 1 heterocycles. The lowest BCUT2D eigenvalue weighted by Crippen LogP contribution is -2.10. The van der Waals surface area contributed by atoms with E-state index in [0.717, 1.165) is 29.7 Å². The summed E-state index contributed by atoms with van der Waals surface area (Å²) < 4.78 is 5.75. The quantitative estimate of drug-likeness (QED) is 0.907. The minimum absolute atomic E-state index is 0.233. The highest BCUT2D eigenvalue weighted by atomic mass is 35.5. The number of hydrogen-bond donors (Lipinski definition) is 1. The first-order chi connectivity index (χ1) is 9.66. The maximum Gasteiger partial charge on any atom is 0.336 e. The number of carbonyl (C=O) groups is 1. The first-order valence-corrected chi connectivity index (χ1v) is 6.82. The van der Waals surface area contributed by atoms with Crippen LogP contribution in [-0.4, -0.2) is 17.7 Å². The van der Waals surface area contributed by atoms with Crippen molar-refractivity contribution in [2.45, 2.75) is 12.8 Å². The Kier molecular flexibility index (Phi) is 3.36. The van der Waals surface area contributed by atoms with Crippen molar-refractivity contribution in [3.8, 4) is 16.9 Å². The van der Waals surface area contributed by atoms with E-state index in [1.165, 1.54) is 6.07 Å². The van der Waals surface area contributed by atoms with Gasteiger partial charge in [-0.1, -0.05) is 29.8 Å². The molecule has 0 fully saturated rings. The summed E-state index contributed by atoms with van der Waals surface area (Å²) >= 11 is 6.02. The Hall–Kier alpha value is -2.00. The molecule has 0 unspecified atom stereocenters. The van der Waals surface area contributed by atoms with Crippen LogP contribution >= 0.6 is 11.6 Å². The third kappa shape index (κ3) is 2.25. The number of carboxylic acids is 1. The number of carboxylic acid groups (broad SMARTS) is 1. The summed E-state index contributed by atoms with van der Waals surface area (Å²) in [6.45, 7) is 0.660. The number of hydrogen-bond acceptors (Lipinski definition) is 2. The van der Waals surface area contributed by atoms with Gasteiger partial charge in [0.1, 0.15) is 5.75 Å². The number of aromatic carboxylic acids is 1. The lowest BCUT2D eigenvalue weighted by Gasteiger charge is -2.21. The first kappa shape index (κ1) is 13.0. The second-order valence-electron chi connectivity index (χ2n) is 4.74. The zero-order chi connectivity index (χ0) is 14.1. The van der Waals surface area contributed by atoms with E-state index in [1.54, 1.807) is 12.1 Å². The third-order valence-electron chi connectivity index (χ3n) is 3.44. The molecule has 0 aliphatic carbocycles. The van der Waals surface area contributed by atoms with E-state index in [0.29, 0.717) is 17.2 Å². The molecular formula is C16H13ClO3. The van der Waals surface area contributed by atoms with Crippen LogP contribution in [0.5, 0.6) is 5.75 Å². The zero-order valence-corrected chi connectivity index (χ0v) is 11.5. The number of para-hydroxylation sites is 1. The topological polar surface area (TPSA) is 46.5 Å². The van der Waals surface area contributed by atoms with Crippen molar-refractivity contribution in [3.05, 3.63) is 52.5 Å². The molecule has 4 heteroatoms. The predicted octanol–water partition coefficient (Wildman–Crippen LogP) is 4.03. The van der Waals surface area contributed by atoms with Crippen LogP contribution in [0.25, 0.3) is 11.1 Å². The Morgan fingerprint density at radius 2 is 2.05 bits per heavy atom. The number of aryl methyl sites for hydroxylation is 1. The summed E-state index contributed by atoms with van der Waals surface area (Å²) in [5.41, 5.74) is 2.74. The fourth-order valence-corrected chi connectivity index (χ4v) is 2.70. The Morgan fingerprint density at radius 3 is 2.85 bits per heavy atom. The predicted molar refractivity (Wildman–Crippen MR) is 77.7 cm³/mol. The Morgan fingerprint density at radius 1 is 1.20 bits per heavy atom. The monoisotopic (exact) mass is 288 g/mol. The van der Waals surface area contributed by atoms with Crippen molar-refractivity contribution in [2.75, 3.05) is 6.61 Å². The molecule has 1 N–H and O–H groups in total. The summed E-state index contributed by atoms with van der Waals surface area (Å²) in [6, 6.07) is 10.6. The van der Waals surface area contributed by atoms with Crippen LogP contribution < -0.4 is 4.74 Å². The van der Waals surface area contributed by atoms with Crippen molar-refractivity contribution in [2.24, 2.45) is 0 Å². The molecular weight excluding hydrogens is 276 g/mol. The summed E-state index contributed by atoms with van der Waals surface area (Å²) in [7, 11) is 0. The Bertz CT molecular complexity index is 679. The van der Waals surface area contributed by atoms with Crippen molar-refractivity contribution in [1.82, 2.24) is 0 Å². The molecule has 2 aromatic carbocycles. The van der Waals surface area contributed by atoms with Crippen LogP contribution in [0.1, 0.15) is 22.3 Å². The van der Waals surface area contributed by atoms with Gasteiger partial charge in [0, 0.05) is 16.1 Å². The van der Waals surface area contributed by atoms with Crippen molar-refractivity contribution < 1.29 is 14.6 Å². The molecule has 102 valence electrons. The second kappa shape index (κ2) is 5.17. The van der Waals surface area contributed by atoms with Gasteiger partial charge in [0.15, 0.2) is 0 Å². The molecule has 1 aliphatic heterocycles. The van der Waals surface area contributed by atoms with Gasteiger partial charge >= 0.3 is 5.97 Å². The molecule has 3 rings (SSSR count). The van der Waals surface area contributed by atoms with E-state index in [9.17, 15) is 9.90 Å². The van der Waals surface area contributed by atoms with E-state index in [4.69, 9.17) is 16.3 Å². The normalized spacial score (nSPS) is 13.4. The van der Waals surface area contributed by atoms with Gasteiger partial charge in [-0.2, -0.15) is 0 Å². The molecule has 0 aromatic heterocycles. The minimum Gasteiger partial charge on any atom is -0.493 e. The number of rotatable bonds is 2. The maximum atomic E-state index is 11.4. The molecule has 0 bridgehead atoms. The summed E-state index contributed by atoms with van der Waals surface area (Å²) in [6.07, 6.45) is 1.93. The molecule has 0 amide bonds. The van der Waals surface area contributed by atoms with Crippen molar-refractivity contribution >= 4 is 17.6 Å². The smallest absolute Gasteiger partial charge is 0.336 e. The van der Waals surface area contributed by atoms with Crippen LogP contribution in [0.2, 0.25) is 5.02 Å². The van der Waals surface area contributed by atoms with Gasteiger partial charge in [0.2, 0.25) is 0 Å². The van der Waals surface area contributed by atoms with Gasteiger partial charge in [-0.15, -0.1) is 0 Å². The first-order valence-electron chi connectivity index (χ1n) is 6.45. The van der Waals surface area contributed by atoms with Crippen molar-refractivity contribution in [1.29, 1.82) is 0 Å². The van der Waals surface area contributed by atoms with Crippen LogP contribution in [0.15, 0.2) is 36.4 Å². The van der Waals surface area contributed by atoms with E-state index in [1.807, 2.05) is 18.2 Å². The van der Waals surface area contributed by atoms with Gasteiger partial charge in [-0.05, 0) is 36.6 Å². The highest BCUT2D eigenvalue weighted by molar-refractivity contribution is 6.31. The molecule has 3 nitrogen and oxygen atoms in total. The summed E-state index contributed by atoms with van der Waals surface area (Å²) in [5.74, 6) is -0.186.